The summed E-state index contributed by atoms with van der Waals surface area (Å²) in [6.07, 6.45) is -0.194. The zero-order valence-corrected chi connectivity index (χ0v) is 22.8. The number of unbranched alkanes of at least 4 members (excludes halogenated alkanes) is 1. The van der Waals surface area contributed by atoms with Crippen molar-refractivity contribution < 1.29 is 33.8 Å². The number of carbonyl (C=O) groups excluding carboxylic acids is 3. The van der Waals surface area contributed by atoms with Crippen molar-refractivity contribution in [1.29, 1.82) is 0 Å². The van der Waals surface area contributed by atoms with Gasteiger partial charge in [0.2, 0.25) is 5.91 Å². The van der Waals surface area contributed by atoms with Crippen LogP contribution in [0.5, 0.6) is 0 Å². The van der Waals surface area contributed by atoms with Crippen LogP contribution in [0.4, 0.5) is 9.59 Å². The molecule has 0 bridgehead atoms. The van der Waals surface area contributed by atoms with E-state index in [2.05, 4.69) is 16.0 Å². The first kappa shape index (κ1) is 29.5. The van der Waals surface area contributed by atoms with Gasteiger partial charge in [0.15, 0.2) is 0 Å². The van der Waals surface area contributed by atoms with Crippen LogP contribution < -0.4 is 16.0 Å². The second-order valence-corrected chi connectivity index (χ2v) is 10.5. The summed E-state index contributed by atoms with van der Waals surface area (Å²) in [6.45, 7) is 7.15. The number of aliphatic carboxylic acids is 1. The fourth-order valence-electron chi connectivity index (χ4n) is 4.41. The van der Waals surface area contributed by atoms with Crippen molar-refractivity contribution in [2.24, 2.45) is 0 Å². The summed E-state index contributed by atoms with van der Waals surface area (Å²) in [5.41, 5.74) is 3.75. The van der Waals surface area contributed by atoms with Gasteiger partial charge in [0.05, 0.1) is 0 Å². The number of hydrogen-bond acceptors (Lipinski definition) is 6. The number of carboxylic acids is 1. The second kappa shape index (κ2) is 13.1. The second-order valence-electron chi connectivity index (χ2n) is 10.5. The molecule has 1 aliphatic rings. The molecule has 0 aromatic heterocycles. The van der Waals surface area contributed by atoms with E-state index in [0.717, 1.165) is 22.3 Å². The number of carboxylic acid groups (broad SMARTS) is 1. The molecule has 4 N–H and O–H groups in total. The van der Waals surface area contributed by atoms with Crippen LogP contribution >= 0.6 is 0 Å². The molecule has 0 spiro atoms. The van der Waals surface area contributed by atoms with Crippen molar-refractivity contribution in [3.8, 4) is 11.1 Å². The number of rotatable bonds is 11. The fraction of sp³-hybridized carbons (Fsp3) is 0.448. The minimum Gasteiger partial charge on any atom is -0.480 e. The minimum absolute atomic E-state index is 0.100. The van der Waals surface area contributed by atoms with E-state index in [-0.39, 0.29) is 18.9 Å². The van der Waals surface area contributed by atoms with Crippen LogP contribution in [0, 0.1) is 0 Å². The Balaban J connectivity index is 1.43. The normalized spacial score (nSPS) is 13.8. The van der Waals surface area contributed by atoms with E-state index in [0.29, 0.717) is 19.4 Å². The molecule has 3 amide bonds. The molecule has 2 atom stereocenters. The van der Waals surface area contributed by atoms with Gasteiger partial charge < -0.3 is 30.5 Å². The molecular formula is C29H37N3O7. The molecular weight excluding hydrogens is 502 g/mol. The summed E-state index contributed by atoms with van der Waals surface area (Å²) in [5.74, 6) is -1.94. The maximum atomic E-state index is 12.6. The van der Waals surface area contributed by atoms with Crippen molar-refractivity contribution in [3.05, 3.63) is 59.7 Å². The zero-order valence-electron chi connectivity index (χ0n) is 22.8. The largest absolute Gasteiger partial charge is 0.480 e. The predicted molar refractivity (Wildman–Crippen MR) is 145 cm³/mol. The molecule has 2 aromatic rings. The van der Waals surface area contributed by atoms with Crippen LogP contribution in [0.1, 0.15) is 64.0 Å². The lowest BCUT2D eigenvalue weighted by Crippen LogP contribution is -2.50. The highest BCUT2D eigenvalue weighted by molar-refractivity contribution is 5.89. The molecule has 0 aliphatic heterocycles. The first-order valence-electron chi connectivity index (χ1n) is 13.1. The third-order valence-electron chi connectivity index (χ3n) is 6.27. The topological polar surface area (TPSA) is 143 Å². The molecule has 10 heteroatoms. The van der Waals surface area contributed by atoms with Gasteiger partial charge in [-0.3, -0.25) is 4.79 Å². The van der Waals surface area contributed by atoms with Gasteiger partial charge >= 0.3 is 18.2 Å². The first-order chi connectivity index (χ1) is 18.5. The van der Waals surface area contributed by atoms with Crippen LogP contribution in [-0.2, 0) is 19.1 Å². The van der Waals surface area contributed by atoms with Crippen molar-refractivity contribution in [1.82, 2.24) is 16.0 Å². The van der Waals surface area contributed by atoms with Crippen LogP contribution in [0.2, 0.25) is 0 Å². The maximum absolute atomic E-state index is 12.6. The summed E-state index contributed by atoms with van der Waals surface area (Å²) in [7, 11) is 0. The van der Waals surface area contributed by atoms with Crippen LogP contribution in [0.15, 0.2) is 48.5 Å². The Labute approximate surface area is 228 Å². The number of hydrogen-bond donors (Lipinski definition) is 4. The molecule has 3 rings (SSSR count). The lowest BCUT2D eigenvalue weighted by molar-refractivity contribution is -0.142. The summed E-state index contributed by atoms with van der Waals surface area (Å²) in [4.78, 5) is 48.4. The molecule has 1 aliphatic carbocycles. The molecule has 0 radical (unpaired) electrons. The summed E-state index contributed by atoms with van der Waals surface area (Å²) < 4.78 is 10.6. The maximum Gasteiger partial charge on any atom is 0.407 e. The average molecular weight is 540 g/mol. The molecule has 210 valence electrons. The monoisotopic (exact) mass is 539 g/mol. The Morgan fingerprint density at radius 1 is 0.897 bits per heavy atom. The van der Waals surface area contributed by atoms with Gasteiger partial charge in [-0.05, 0) is 69.2 Å². The smallest absolute Gasteiger partial charge is 0.407 e. The number of nitrogens with one attached hydrogen (secondary N) is 3. The number of carbonyl (C=O) groups is 4. The predicted octanol–water partition coefficient (Wildman–Crippen LogP) is 4.18. The number of amides is 3. The van der Waals surface area contributed by atoms with E-state index < -0.39 is 41.7 Å². The zero-order chi connectivity index (χ0) is 28.6. The molecule has 0 unspecified atom stereocenters. The fourth-order valence-corrected chi connectivity index (χ4v) is 4.41. The summed E-state index contributed by atoms with van der Waals surface area (Å²) >= 11 is 0. The Morgan fingerprint density at radius 3 is 2.05 bits per heavy atom. The highest BCUT2D eigenvalue weighted by Gasteiger charge is 2.30. The SMILES string of the molecule is C[C@H](NC(=O)OCC1c2ccccc2-c2ccccc21)C(=O)N[C@@H](CCCCNC(=O)OC(C)(C)C)C(=O)O. The van der Waals surface area contributed by atoms with Crippen LogP contribution in [0.25, 0.3) is 11.1 Å². The third kappa shape index (κ3) is 8.46. The van der Waals surface area contributed by atoms with Gasteiger partial charge in [-0.25, -0.2) is 14.4 Å². The van der Waals surface area contributed by atoms with Crippen molar-refractivity contribution >= 4 is 24.1 Å². The van der Waals surface area contributed by atoms with E-state index in [1.54, 1.807) is 20.8 Å². The van der Waals surface area contributed by atoms with Gasteiger partial charge in [0.1, 0.15) is 24.3 Å². The average Bonchev–Trinajstić information content (AvgIpc) is 3.19. The van der Waals surface area contributed by atoms with Gasteiger partial charge in [-0.1, -0.05) is 48.5 Å². The molecule has 10 nitrogen and oxygen atoms in total. The van der Waals surface area contributed by atoms with Gasteiger partial charge in [-0.15, -0.1) is 0 Å². The first-order valence-corrected chi connectivity index (χ1v) is 13.1. The van der Waals surface area contributed by atoms with E-state index in [1.165, 1.54) is 6.92 Å². The minimum atomic E-state index is -1.18. The molecule has 39 heavy (non-hydrogen) atoms. The lowest BCUT2D eigenvalue weighted by Gasteiger charge is -2.20. The van der Waals surface area contributed by atoms with E-state index in [4.69, 9.17) is 9.47 Å². The molecule has 0 fully saturated rings. The lowest BCUT2D eigenvalue weighted by atomic mass is 9.98. The van der Waals surface area contributed by atoms with Gasteiger partial charge in [0.25, 0.3) is 0 Å². The standard InChI is InChI=1S/C29H37N3O7/c1-18(25(33)32-24(26(34)35)15-9-10-16-30-27(36)39-29(2,3)4)31-28(37)38-17-23-21-13-7-5-11-19(21)20-12-6-8-14-22(20)23/h5-8,11-14,18,23-24H,9-10,15-17H2,1-4H3,(H,30,36)(H,31,37)(H,32,33)(H,34,35)/t18-,24-/m0/s1. The molecule has 2 aromatic carbocycles. The summed E-state index contributed by atoms with van der Waals surface area (Å²) in [5, 5.41) is 17.0. The van der Waals surface area contributed by atoms with Gasteiger partial charge in [0, 0.05) is 12.5 Å². The number of fused-ring (bicyclic) bond motifs is 3. The molecule has 0 saturated heterocycles. The van der Waals surface area contributed by atoms with Crippen LogP contribution in [-0.4, -0.2) is 60.0 Å². The Bertz CT molecular complexity index is 1150. The Hall–Kier alpha value is -4.08. The third-order valence-corrected chi connectivity index (χ3v) is 6.27. The van der Waals surface area contributed by atoms with Crippen molar-refractivity contribution in [2.75, 3.05) is 13.2 Å². The summed E-state index contributed by atoms with van der Waals surface area (Å²) in [6, 6.07) is 13.8. The number of alkyl carbamates (subject to hydrolysis) is 2. The highest BCUT2D eigenvalue weighted by atomic mass is 16.6. The van der Waals surface area contributed by atoms with E-state index in [9.17, 15) is 24.3 Å². The quantitative estimate of drug-likeness (QED) is 0.314. The van der Waals surface area contributed by atoms with Crippen LogP contribution in [0.3, 0.4) is 0 Å². The molecule has 0 heterocycles. The number of benzene rings is 2. The number of ether oxygens (including phenoxy) is 2. The van der Waals surface area contributed by atoms with E-state index in [1.807, 2.05) is 48.5 Å². The Kier molecular flexibility index (Phi) is 9.92. The van der Waals surface area contributed by atoms with Crippen molar-refractivity contribution in [3.63, 3.8) is 0 Å². The van der Waals surface area contributed by atoms with E-state index >= 15 is 0 Å². The Morgan fingerprint density at radius 2 is 1.49 bits per heavy atom. The molecule has 0 saturated carbocycles. The van der Waals surface area contributed by atoms with Gasteiger partial charge in [-0.2, -0.15) is 0 Å². The van der Waals surface area contributed by atoms with Crippen molar-refractivity contribution in [2.45, 2.75) is 70.6 Å². The highest BCUT2D eigenvalue weighted by Crippen LogP contribution is 2.44.